The molecule has 0 fully saturated rings. The lowest BCUT2D eigenvalue weighted by Crippen LogP contribution is -2.23. The normalized spacial score (nSPS) is 14.3. The molecule has 0 amide bonds. The fraction of sp³-hybridized carbons (Fsp3) is 0.333. The summed E-state index contributed by atoms with van der Waals surface area (Å²) in [5, 5.41) is 6.52. The Morgan fingerprint density at radius 1 is 1.16 bits per heavy atom. The summed E-state index contributed by atoms with van der Waals surface area (Å²) in [6, 6.07) is 10.7. The molecule has 0 aliphatic rings. The number of rotatable bonds is 5. The van der Waals surface area contributed by atoms with E-state index < -0.39 is 0 Å². The number of nitrogens with one attached hydrogen (secondary N) is 1. The van der Waals surface area contributed by atoms with E-state index in [2.05, 4.69) is 36.7 Å². The second kappa shape index (κ2) is 6.76. The van der Waals surface area contributed by atoms with Crippen molar-refractivity contribution in [2.24, 2.45) is 0 Å². The molecule has 2 unspecified atom stereocenters. The van der Waals surface area contributed by atoms with E-state index in [9.17, 15) is 0 Å². The fourth-order valence-corrected chi connectivity index (χ4v) is 3.20. The van der Waals surface area contributed by atoms with Crippen molar-refractivity contribution in [3.8, 4) is 0 Å². The summed E-state index contributed by atoms with van der Waals surface area (Å²) in [5.74, 6) is 0. The van der Waals surface area contributed by atoms with Crippen LogP contribution in [-0.2, 0) is 0 Å². The second-order valence-electron chi connectivity index (χ2n) is 4.58. The molecule has 4 heteroatoms. The van der Waals surface area contributed by atoms with Gasteiger partial charge in [0.2, 0.25) is 0 Å². The Balaban J connectivity index is 2.08. The minimum absolute atomic E-state index is 0.282. The van der Waals surface area contributed by atoms with Gasteiger partial charge in [-0.3, -0.25) is 0 Å². The number of thiophene rings is 1. The topological polar surface area (TPSA) is 12.0 Å². The SMILES string of the molecule is CCC(NC(C)c1csc(Cl)c1)c1ccc(Cl)cc1. The molecule has 1 aromatic heterocycles. The molecule has 0 radical (unpaired) electrons. The predicted molar refractivity (Wildman–Crippen MR) is 85.4 cm³/mol. The third-order valence-electron chi connectivity index (χ3n) is 3.22. The largest absolute Gasteiger partial charge is 0.303 e. The van der Waals surface area contributed by atoms with Crippen LogP contribution in [0.1, 0.15) is 43.5 Å². The maximum Gasteiger partial charge on any atom is 0.0931 e. The summed E-state index contributed by atoms with van der Waals surface area (Å²) in [4.78, 5) is 0. The Labute approximate surface area is 128 Å². The monoisotopic (exact) mass is 313 g/mol. The van der Waals surface area contributed by atoms with Crippen LogP contribution in [0.25, 0.3) is 0 Å². The molecule has 2 atom stereocenters. The first-order valence-electron chi connectivity index (χ1n) is 6.35. The lowest BCUT2D eigenvalue weighted by Gasteiger charge is -2.22. The van der Waals surface area contributed by atoms with Gasteiger partial charge in [0.1, 0.15) is 0 Å². The molecule has 19 heavy (non-hydrogen) atoms. The molecule has 1 nitrogen and oxygen atoms in total. The highest BCUT2D eigenvalue weighted by Crippen LogP contribution is 2.28. The molecular formula is C15H17Cl2NS. The molecule has 0 aliphatic heterocycles. The molecule has 0 aliphatic carbocycles. The van der Waals surface area contributed by atoms with Gasteiger partial charge in [0.05, 0.1) is 4.34 Å². The highest BCUT2D eigenvalue weighted by molar-refractivity contribution is 7.14. The molecule has 1 aromatic carbocycles. The second-order valence-corrected chi connectivity index (χ2v) is 6.56. The van der Waals surface area contributed by atoms with Crippen LogP contribution >= 0.6 is 34.5 Å². The van der Waals surface area contributed by atoms with Crippen molar-refractivity contribution in [2.45, 2.75) is 32.4 Å². The van der Waals surface area contributed by atoms with Crippen molar-refractivity contribution < 1.29 is 0 Å². The number of benzene rings is 1. The van der Waals surface area contributed by atoms with E-state index in [1.165, 1.54) is 11.1 Å². The summed E-state index contributed by atoms with van der Waals surface area (Å²) in [7, 11) is 0. The van der Waals surface area contributed by atoms with Crippen molar-refractivity contribution in [3.63, 3.8) is 0 Å². The zero-order valence-corrected chi connectivity index (χ0v) is 13.3. The summed E-state index contributed by atoms with van der Waals surface area (Å²) < 4.78 is 0.836. The van der Waals surface area contributed by atoms with Gasteiger partial charge in [0.15, 0.2) is 0 Å². The van der Waals surface area contributed by atoms with Gasteiger partial charge >= 0.3 is 0 Å². The Kier molecular flexibility index (Phi) is 5.28. The number of halogens is 2. The van der Waals surface area contributed by atoms with Crippen LogP contribution in [0.15, 0.2) is 35.7 Å². The summed E-state index contributed by atoms with van der Waals surface area (Å²) in [6.07, 6.45) is 1.03. The van der Waals surface area contributed by atoms with E-state index in [1.807, 2.05) is 18.2 Å². The van der Waals surface area contributed by atoms with Crippen LogP contribution in [0.5, 0.6) is 0 Å². The summed E-state index contributed by atoms with van der Waals surface area (Å²) in [5.41, 5.74) is 2.50. The van der Waals surface area contributed by atoms with Gasteiger partial charge in [-0.05, 0) is 48.1 Å². The van der Waals surface area contributed by atoms with Gasteiger partial charge < -0.3 is 5.32 Å². The average Bonchev–Trinajstić information content (AvgIpc) is 2.84. The van der Waals surface area contributed by atoms with Crippen LogP contribution in [0.4, 0.5) is 0 Å². The van der Waals surface area contributed by atoms with Gasteiger partial charge in [-0.25, -0.2) is 0 Å². The lowest BCUT2D eigenvalue weighted by molar-refractivity contribution is 0.457. The Bertz CT molecular complexity index is 521. The standard InChI is InChI=1S/C15H17Cl2NS/c1-3-14(11-4-6-13(16)7-5-11)18-10(2)12-8-15(17)19-9-12/h4-10,14,18H,3H2,1-2H3. The smallest absolute Gasteiger partial charge is 0.0931 e. The molecule has 0 saturated carbocycles. The molecule has 0 saturated heterocycles. The van der Waals surface area contributed by atoms with E-state index in [0.29, 0.717) is 6.04 Å². The third kappa shape index (κ3) is 3.96. The zero-order chi connectivity index (χ0) is 13.8. The highest BCUT2D eigenvalue weighted by Gasteiger charge is 2.14. The minimum Gasteiger partial charge on any atom is -0.303 e. The fourth-order valence-electron chi connectivity index (χ4n) is 2.09. The first-order valence-corrected chi connectivity index (χ1v) is 7.99. The quantitative estimate of drug-likeness (QED) is 0.729. The highest BCUT2D eigenvalue weighted by atomic mass is 35.5. The maximum atomic E-state index is 5.99. The molecule has 0 spiro atoms. The molecule has 102 valence electrons. The van der Waals surface area contributed by atoms with Crippen LogP contribution < -0.4 is 5.32 Å². The molecule has 2 aromatic rings. The van der Waals surface area contributed by atoms with Crippen molar-refractivity contribution in [1.82, 2.24) is 5.32 Å². The van der Waals surface area contributed by atoms with Crippen LogP contribution in [0.2, 0.25) is 9.36 Å². The molecule has 0 bridgehead atoms. The lowest BCUT2D eigenvalue weighted by atomic mass is 10.0. The van der Waals surface area contributed by atoms with Crippen LogP contribution in [0.3, 0.4) is 0 Å². The van der Waals surface area contributed by atoms with Crippen molar-refractivity contribution in [3.05, 3.63) is 56.2 Å². The Hall–Kier alpha value is -0.540. The minimum atomic E-state index is 0.282. The van der Waals surface area contributed by atoms with Crippen molar-refractivity contribution >= 4 is 34.5 Å². The van der Waals surface area contributed by atoms with Gasteiger partial charge in [-0.2, -0.15) is 0 Å². The molecular weight excluding hydrogens is 297 g/mol. The van der Waals surface area contributed by atoms with Crippen LogP contribution in [-0.4, -0.2) is 0 Å². The van der Waals surface area contributed by atoms with Crippen molar-refractivity contribution in [1.29, 1.82) is 0 Å². The first kappa shape index (κ1) is 14.9. The molecule has 1 heterocycles. The van der Waals surface area contributed by atoms with Crippen LogP contribution in [0, 0.1) is 0 Å². The van der Waals surface area contributed by atoms with Gasteiger partial charge in [-0.15, -0.1) is 11.3 Å². The van der Waals surface area contributed by atoms with Gasteiger partial charge in [0.25, 0.3) is 0 Å². The van der Waals surface area contributed by atoms with E-state index in [1.54, 1.807) is 11.3 Å². The van der Waals surface area contributed by atoms with E-state index in [-0.39, 0.29) is 6.04 Å². The zero-order valence-electron chi connectivity index (χ0n) is 11.0. The Morgan fingerprint density at radius 3 is 2.37 bits per heavy atom. The number of hydrogen-bond acceptors (Lipinski definition) is 2. The number of hydrogen-bond donors (Lipinski definition) is 1. The molecule has 2 rings (SSSR count). The average molecular weight is 314 g/mol. The summed E-state index contributed by atoms with van der Waals surface area (Å²) in [6.45, 7) is 4.34. The Morgan fingerprint density at radius 2 is 1.84 bits per heavy atom. The van der Waals surface area contributed by atoms with E-state index in [4.69, 9.17) is 23.2 Å². The third-order valence-corrected chi connectivity index (χ3v) is 4.58. The van der Waals surface area contributed by atoms with E-state index in [0.717, 1.165) is 15.8 Å². The van der Waals surface area contributed by atoms with Crippen molar-refractivity contribution in [2.75, 3.05) is 0 Å². The van der Waals surface area contributed by atoms with Gasteiger partial charge in [-0.1, -0.05) is 42.3 Å². The maximum absolute atomic E-state index is 5.99. The van der Waals surface area contributed by atoms with E-state index >= 15 is 0 Å². The van der Waals surface area contributed by atoms with Gasteiger partial charge in [0, 0.05) is 17.1 Å². The predicted octanol–water partition coefficient (Wildman–Crippen LogP) is 5.86. The first-order chi connectivity index (χ1) is 9.10. The molecule has 1 N–H and O–H groups in total. The summed E-state index contributed by atoms with van der Waals surface area (Å²) >= 11 is 13.5.